The maximum absolute atomic E-state index is 11.2. The number of thioether (sulfide) groups is 1. The summed E-state index contributed by atoms with van der Waals surface area (Å²) < 4.78 is 5.41. The Balaban J connectivity index is 1.99. The van der Waals surface area contributed by atoms with E-state index in [-0.39, 0.29) is 17.6 Å². The van der Waals surface area contributed by atoms with E-state index in [1.807, 2.05) is 24.3 Å². The van der Waals surface area contributed by atoms with Crippen LogP contribution in [0.1, 0.15) is 6.92 Å². The second kappa shape index (κ2) is 5.01. The lowest BCUT2D eigenvalue weighted by atomic mass is 10.3. The lowest BCUT2D eigenvalue weighted by Gasteiger charge is -1.97. The Morgan fingerprint density at radius 2 is 2.18 bits per heavy atom. The highest BCUT2D eigenvalue weighted by Gasteiger charge is 2.09. The number of benzene rings is 1. The Bertz CT molecular complexity index is 532. The molecule has 0 aliphatic carbocycles. The molecule has 0 unspecified atom stereocenters. The first-order valence-corrected chi connectivity index (χ1v) is 5.92. The third-order valence-corrected chi connectivity index (χ3v) is 2.74. The second-order valence-electron chi connectivity index (χ2n) is 3.34. The van der Waals surface area contributed by atoms with E-state index in [1.165, 1.54) is 6.92 Å². The molecule has 2 amide bonds. The van der Waals surface area contributed by atoms with Crippen molar-refractivity contribution in [2.45, 2.75) is 12.1 Å². The number of amides is 2. The normalized spacial score (nSPS) is 10.4. The summed E-state index contributed by atoms with van der Waals surface area (Å²) in [6, 6.07) is 7.35. The topological polar surface area (TPSA) is 72.2 Å². The minimum Gasteiger partial charge on any atom is -0.431 e. The van der Waals surface area contributed by atoms with Crippen LogP contribution in [-0.4, -0.2) is 22.6 Å². The number of para-hydroxylation sites is 2. The molecule has 0 saturated heterocycles. The Morgan fingerprint density at radius 1 is 1.41 bits per heavy atom. The lowest BCUT2D eigenvalue weighted by molar-refractivity contribution is -0.127. The molecule has 2 rings (SSSR count). The molecule has 2 aromatic rings. The van der Waals surface area contributed by atoms with Gasteiger partial charge in [0.05, 0.1) is 5.75 Å². The number of nitrogens with zero attached hydrogens (tertiary/aromatic N) is 1. The first-order chi connectivity index (χ1) is 8.15. The number of hydrogen-bond acceptors (Lipinski definition) is 5. The largest absolute Gasteiger partial charge is 0.431 e. The van der Waals surface area contributed by atoms with E-state index in [2.05, 4.69) is 10.3 Å². The quantitative estimate of drug-likeness (QED) is 0.837. The summed E-state index contributed by atoms with van der Waals surface area (Å²) in [6.45, 7) is 1.29. The minimum atomic E-state index is -0.367. The van der Waals surface area contributed by atoms with Gasteiger partial charge in [0.25, 0.3) is 5.22 Å². The number of fused-ring (bicyclic) bond motifs is 1. The van der Waals surface area contributed by atoms with Crippen LogP contribution < -0.4 is 5.32 Å². The van der Waals surface area contributed by atoms with E-state index in [9.17, 15) is 9.59 Å². The fraction of sp³-hybridized carbons (Fsp3) is 0.182. The zero-order chi connectivity index (χ0) is 12.3. The van der Waals surface area contributed by atoms with Crippen LogP contribution in [0.4, 0.5) is 0 Å². The van der Waals surface area contributed by atoms with Crippen LogP contribution in [0.2, 0.25) is 0 Å². The molecule has 0 bridgehead atoms. The molecule has 5 nitrogen and oxygen atoms in total. The van der Waals surface area contributed by atoms with Crippen molar-refractivity contribution in [3.8, 4) is 0 Å². The van der Waals surface area contributed by atoms with Crippen LogP contribution in [0.5, 0.6) is 0 Å². The molecule has 0 atom stereocenters. The highest BCUT2D eigenvalue weighted by atomic mass is 32.2. The summed E-state index contributed by atoms with van der Waals surface area (Å²) in [4.78, 5) is 26.0. The molecule has 1 aromatic carbocycles. The molecular weight excluding hydrogens is 240 g/mol. The number of oxazole rings is 1. The van der Waals surface area contributed by atoms with Gasteiger partial charge in [0.2, 0.25) is 11.8 Å². The van der Waals surface area contributed by atoms with E-state index < -0.39 is 0 Å². The van der Waals surface area contributed by atoms with E-state index in [0.29, 0.717) is 10.8 Å². The van der Waals surface area contributed by atoms with Crippen molar-refractivity contribution in [2.75, 3.05) is 5.75 Å². The van der Waals surface area contributed by atoms with Crippen molar-refractivity contribution in [3.63, 3.8) is 0 Å². The van der Waals surface area contributed by atoms with Gasteiger partial charge in [-0.05, 0) is 12.1 Å². The van der Waals surface area contributed by atoms with Crippen molar-refractivity contribution in [1.29, 1.82) is 0 Å². The van der Waals surface area contributed by atoms with E-state index >= 15 is 0 Å². The smallest absolute Gasteiger partial charge is 0.257 e. The van der Waals surface area contributed by atoms with Gasteiger partial charge in [0.1, 0.15) is 5.52 Å². The molecule has 0 saturated carbocycles. The predicted octanol–water partition coefficient (Wildman–Crippen LogP) is 1.58. The van der Waals surface area contributed by atoms with Crippen LogP contribution in [0, 0.1) is 0 Å². The molecule has 6 heteroatoms. The summed E-state index contributed by atoms with van der Waals surface area (Å²) in [7, 11) is 0. The monoisotopic (exact) mass is 250 g/mol. The van der Waals surface area contributed by atoms with Crippen molar-refractivity contribution < 1.29 is 14.0 Å². The highest BCUT2D eigenvalue weighted by molar-refractivity contribution is 7.99. The number of nitrogens with one attached hydrogen (secondary N) is 1. The molecule has 1 heterocycles. The SMILES string of the molecule is CC(=O)NC(=O)CSc1nc2ccccc2o1. The Hall–Kier alpha value is -1.82. The van der Waals surface area contributed by atoms with Gasteiger partial charge in [-0.3, -0.25) is 14.9 Å². The fourth-order valence-corrected chi connectivity index (χ4v) is 1.91. The van der Waals surface area contributed by atoms with Gasteiger partial charge < -0.3 is 4.42 Å². The predicted molar refractivity (Wildman–Crippen MR) is 63.6 cm³/mol. The molecule has 0 radical (unpaired) electrons. The number of carbonyl (C=O) groups excluding carboxylic acids is 2. The van der Waals surface area contributed by atoms with Gasteiger partial charge in [-0.2, -0.15) is 0 Å². The van der Waals surface area contributed by atoms with E-state index in [0.717, 1.165) is 17.3 Å². The third-order valence-electron chi connectivity index (χ3n) is 1.92. The van der Waals surface area contributed by atoms with Gasteiger partial charge in [-0.15, -0.1) is 0 Å². The standard InChI is InChI=1S/C11H10N2O3S/c1-7(14)12-10(15)6-17-11-13-8-4-2-3-5-9(8)16-11/h2-5H,6H2,1H3,(H,12,14,15). The Labute approximate surface area is 102 Å². The molecule has 0 spiro atoms. The molecular formula is C11H10N2O3S. The van der Waals surface area contributed by atoms with Crippen LogP contribution in [0.15, 0.2) is 33.9 Å². The summed E-state index contributed by atoms with van der Waals surface area (Å²) in [6.07, 6.45) is 0. The number of aromatic nitrogens is 1. The molecule has 0 aliphatic rings. The van der Waals surface area contributed by atoms with Crippen LogP contribution in [-0.2, 0) is 9.59 Å². The summed E-state index contributed by atoms with van der Waals surface area (Å²) in [5.41, 5.74) is 1.43. The third kappa shape index (κ3) is 3.07. The van der Waals surface area contributed by atoms with E-state index in [4.69, 9.17) is 4.42 Å². The van der Waals surface area contributed by atoms with Gasteiger partial charge in [0.15, 0.2) is 5.58 Å². The van der Waals surface area contributed by atoms with Gasteiger partial charge >= 0.3 is 0 Å². The molecule has 1 aromatic heterocycles. The summed E-state index contributed by atoms with van der Waals surface area (Å²) in [5.74, 6) is -0.621. The minimum absolute atomic E-state index is 0.104. The molecule has 0 fully saturated rings. The second-order valence-corrected chi connectivity index (χ2v) is 4.27. The maximum Gasteiger partial charge on any atom is 0.257 e. The fourth-order valence-electron chi connectivity index (χ4n) is 1.27. The number of rotatable bonds is 3. The summed E-state index contributed by atoms with van der Waals surface area (Å²) >= 11 is 1.15. The molecule has 1 N–H and O–H groups in total. The van der Waals surface area contributed by atoms with Gasteiger partial charge in [-0.25, -0.2) is 4.98 Å². The average Bonchev–Trinajstić information content (AvgIpc) is 2.68. The van der Waals surface area contributed by atoms with Crippen molar-refractivity contribution in [1.82, 2.24) is 10.3 Å². The number of carbonyl (C=O) groups is 2. The first kappa shape index (κ1) is 11.7. The van der Waals surface area contributed by atoms with Crippen molar-refractivity contribution in [3.05, 3.63) is 24.3 Å². The van der Waals surface area contributed by atoms with Gasteiger partial charge in [0, 0.05) is 6.92 Å². The summed E-state index contributed by atoms with van der Waals surface area (Å²) in [5, 5.41) is 2.60. The van der Waals surface area contributed by atoms with Crippen LogP contribution in [0.3, 0.4) is 0 Å². The highest BCUT2D eigenvalue weighted by Crippen LogP contribution is 2.22. The number of imide groups is 1. The van der Waals surface area contributed by atoms with Crippen molar-refractivity contribution >= 4 is 34.7 Å². The average molecular weight is 250 g/mol. The molecule has 17 heavy (non-hydrogen) atoms. The maximum atomic E-state index is 11.2. The zero-order valence-corrected chi connectivity index (χ0v) is 9.91. The first-order valence-electron chi connectivity index (χ1n) is 4.94. The Morgan fingerprint density at radius 3 is 2.88 bits per heavy atom. The van der Waals surface area contributed by atoms with E-state index in [1.54, 1.807) is 0 Å². The molecule has 88 valence electrons. The lowest BCUT2D eigenvalue weighted by Crippen LogP contribution is -2.29. The van der Waals surface area contributed by atoms with Crippen molar-refractivity contribution in [2.24, 2.45) is 0 Å². The van der Waals surface area contributed by atoms with Crippen LogP contribution in [0.25, 0.3) is 11.1 Å². The number of hydrogen-bond donors (Lipinski definition) is 1. The Kier molecular flexibility index (Phi) is 3.43. The zero-order valence-electron chi connectivity index (χ0n) is 9.10. The molecule has 0 aliphatic heterocycles. The van der Waals surface area contributed by atoms with Gasteiger partial charge in [-0.1, -0.05) is 23.9 Å². The van der Waals surface area contributed by atoms with Crippen LogP contribution >= 0.6 is 11.8 Å².